The van der Waals surface area contributed by atoms with Gasteiger partial charge in [0.1, 0.15) is 0 Å². The molecule has 0 N–H and O–H groups in total. The fourth-order valence-electron chi connectivity index (χ4n) is 3.22. The summed E-state index contributed by atoms with van der Waals surface area (Å²) in [6.45, 7) is 7.14. The van der Waals surface area contributed by atoms with E-state index in [0.717, 1.165) is 18.2 Å². The molecular formula is C20H25ClF3N. The van der Waals surface area contributed by atoms with Crippen molar-refractivity contribution in [2.45, 2.75) is 45.5 Å². The van der Waals surface area contributed by atoms with Crippen LogP contribution < -0.4 is 0 Å². The molecular weight excluding hydrogens is 347 g/mol. The first kappa shape index (κ1) is 21.5. The molecule has 0 aliphatic heterocycles. The fourth-order valence-corrected chi connectivity index (χ4v) is 3.22. The van der Waals surface area contributed by atoms with Gasteiger partial charge in [-0.25, -0.2) is 0 Å². The van der Waals surface area contributed by atoms with E-state index in [4.69, 9.17) is 0 Å². The zero-order valence-corrected chi connectivity index (χ0v) is 15.6. The van der Waals surface area contributed by atoms with Crippen molar-refractivity contribution < 1.29 is 13.2 Å². The lowest BCUT2D eigenvalue weighted by atomic mass is 10.00. The number of halogens is 4. The van der Waals surface area contributed by atoms with Gasteiger partial charge in [-0.2, -0.15) is 13.2 Å². The largest absolute Gasteiger partial charge is 0.416 e. The van der Waals surface area contributed by atoms with Gasteiger partial charge in [0.25, 0.3) is 0 Å². The van der Waals surface area contributed by atoms with Crippen molar-refractivity contribution in [3.8, 4) is 0 Å². The third-order valence-corrected chi connectivity index (χ3v) is 4.50. The lowest BCUT2D eigenvalue weighted by Gasteiger charge is -2.34. The fraction of sp³-hybridized carbons (Fsp3) is 0.400. The van der Waals surface area contributed by atoms with E-state index in [1.165, 1.54) is 17.7 Å². The van der Waals surface area contributed by atoms with Crippen molar-refractivity contribution >= 4 is 12.4 Å². The van der Waals surface area contributed by atoms with Crippen molar-refractivity contribution in [2.24, 2.45) is 0 Å². The predicted octanol–water partition coefficient (Wildman–Crippen LogP) is 6.14. The molecule has 0 spiro atoms. The molecule has 0 aliphatic rings. The zero-order valence-electron chi connectivity index (χ0n) is 14.8. The number of hydrogen-bond donors (Lipinski definition) is 0. The molecule has 2 aromatic carbocycles. The third-order valence-electron chi connectivity index (χ3n) is 4.50. The molecule has 1 nitrogen and oxygen atoms in total. The highest BCUT2D eigenvalue weighted by Gasteiger charge is 2.30. The molecule has 0 saturated carbocycles. The summed E-state index contributed by atoms with van der Waals surface area (Å²) in [5, 5.41) is 0. The molecule has 2 atom stereocenters. The molecule has 0 heterocycles. The van der Waals surface area contributed by atoms with Gasteiger partial charge >= 0.3 is 6.18 Å². The molecule has 0 aliphatic carbocycles. The Morgan fingerprint density at radius 2 is 1.60 bits per heavy atom. The molecule has 5 heteroatoms. The summed E-state index contributed by atoms with van der Waals surface area (Å²) in [7, 11) is 0. The van der Waals surface area contributed by atoms with Crippen LogP contribution in [0.3, 0.4) is 0 Å². The maximum Gasteiger partial charge on any atom is 0.416 e. The highest BCUT2D eigenvalue weighted by Crippen LogP contribution is 2.30. The Morgan fingerprint density at radius 3 is 2.16 bits per heavy atom. The van der Waals surface area contributed by atoms with Crippen molar-refractivity contribution in [3.63, 3.8) is 0 Å². The van der Waals surface area contributed by atoms with Gasteiger partial charge in [-0.05, 0) is 44.0 Å². The predicted molar refractivity (Wildman–Crippen MR) is 99.1 cm³/mol. The summed E-state index contributed by atoms with van der Waals surface area (Å²) in [6.07, 6.45) is -3.70. The number of nitrogens with zero attached hydrogens (tertiary/aromatic N) is 1. The van der Waals surface area contributed by atoms with Gasteiger partial charge in [-0.1, -0.05) is 55.5 Å². The molecule has 25 heavy (non-hydrogen) atoms. The SMILES string of the molecule is CCN([C@@H](C)Cc1cccc(C(F)(F)F)c1)[C@@H](C)c1ccccc1.Cl. The van der Waals surface area contributed by atoms with Crippen molar-refractivity contribution in [2.75, 3.05) is 6.54 Å². The number of likely N-dealkylation sites (N-methyl/N-ethyl adjacent to an activating group) is 1. The second-order valence-corrected chi connectivity index (χ2v) is 6.17. The van der Waals surface area contributed by atoms with E-state index in [-0.39, 0.29) is 24.5 Å². The Bertz CT molecular complexity index is 643. The summed E-state index contributed by atoms with van der Waals surface area (Å²) < 4.78 is 38.6. The summed E-state index contributed by atoms with van der Waals surface area (Å²) in [5.41, 5.74) is 1.36. The molecule has 0 aromatic heterocycles. The van der Waals surface area contributed by atoms with Gasteiger partial charge < -0.3 is 0 Å². The summed E-state index contributed by atoms with van der Waals surface area (Å²) >= 11 is 0. The van der Waals surface area contributed by atoms with Gasteiger partial charge in [0.15, 0.2) is 0 Å². The highest BCUT2D eigenvalue weighted by molar-refractivity contribution is 5.85. The van der Waals surface area contributed by atoms with Crippen LogP contribution in [0, 0.1) is 0 Å². The summed E-state index contributed by atoms with van der Waals surface area (Å²) in [6, 6.07) is 16.2. The van der Waals surface area contributed by atoms with Gasteiger partial charge in [0.2, 0.25) is 0 Å². The lowest BCUT2D eigenvalue weighted by molar-refractivity contribution is -0.137. The van der Waals surface area contributed by atoms with Gasteiger partial charge in [0.05, 0.1) is 5.56 Å². The van der Waals surface area contributed by atoms with Crippen LogP contribution in [-0.4, -0.2) is 17.5 Å². The smallest absolute Gasteiger partial charge is 0.294 e. The lowest BCUT2D eigenvalue weighted by Crippen LogP contribution is -2.36. The number of alkyl halides is 3. The first-order valence-corrected chi connectivity index (χ1v) is 8.29. The highest BCUT2D eigenvalue weighted by atomic mass is 35.5. The molecule has 0 radical (unpaired) electrons. The minimum atomic E-state index is -4.29. The first-order valence-electron chi connectivity index (χ1n) is 8.29. The van der Waals surface area contributed by atoms with Crippen LogP contribution in [0.5, 0.6) is 0 Å². The molecule has 0 unspecified atom stereocenters. The van der Waals surface area contributed by atoms with Gasteiger partial charge in [-0.3, -0.25) is 4.90 Å². The second kappa shape index (κ2) is 9.25. The number of benzene rings is 2. The number of rotatable bonds is 6. The van der Waals surface area contributed by atoms with Crippen molar-refractivity contribution in [3.05, 3.63) is 71.3 Å². The van der Waals surface area contributed by atoms with Gasteiger partial charge in [-0.15, -0.1) is 12.4 Å². The van der Waals surface area contributed by atoms with Crippen LogP contribution in [0.25, 0.3) is 0 Å². The second-order valence-electron chi connectivity index (χ2n) is 6.17. The van der Waals surface area contributed by atoms with Crippen molar-refractivity contribution in [1.29, 1.82) is 0 Å². The Kier molecular flexibility index (Phi) is 7.97. The van der Waals surface area contributed by atoms with Crippen LogP contribution in [0.4, 0.5) is 13.2 Å². The van der Waals surface area contributed by atoms with E-state index in [0.29, 0.717) is 6.42 Å². The molecule has 0 fully saturated rings. The van der Waals surface area contributed by atoms with E-state index in [2.05, 4.69) is 37.8 Å². The average molecular weight is 372 g/mol. The molecule has 138 valence electrons. The van der Waals surface area contributed by atoms with E-state index in [1.807, 2.05) is 18.2 Å². The minimum Gasteiger partial charge on any atom is -0.294 e. The van der Waals surface area contributed by atoms with Crippen LogP contribution in [0.15, 0.2) is 54.6 Å². The molecule has 2 aromatic rings. The van der Waals surface area contributed by atoms with Crippen molar-refractivity contribution in [1.82, 2.24) is 4.90 Å². The Morgan fingerprint density at radius 1 is 0.960 bits per heavy atom. The number of hydrogen-bond acceptors (Lipinski definition) is 1. The first-order chi connectivity index (χ1) is 11.3. The quantitative estimate of drug-likeness (QED) is 0.589. The van der Waals surface area contributed by atoms with Crippen LogP contribution in [0.1, 0.15) is 43.5 Å². The molecule has 0 bridgehead atoms. The van der Waals surface area contributed by atoms with E-state index < -0.39 is 11.7 Å². The summed E-state index contributed by atoms with van der Waals surface area (Å²) in [4.78, 5) is 2.32. The Hall–Kier alpha value is -1.52. The Balaban J connectivity index is 0.00000312. The molecule has 0 saturated heterocycles. The maximum absolute atomic E-state index is 12.9. The average Bonchev–Trinajstić information content (AvgIpc) is 2.55. The zero-order chi connectivity index (χ0) is 17.7. The summed E-state index contributed by atoms with van der Waals surface area (Å²) in [5.74, 6) is 0. The van der Waals surface area contributed by atoms with E-state index in [9.17, 15) is 13.2 Å². The van der Waals surface area contributed by atoms with Gasteiger partial charge in [0, 0.05) is 12.1 Å². The van der Waals surface area contributed by atoms with Crippen LogP contribution in [-0.2, 0) is 12.6 Å². The minimum absolute atomic E-state index is 0. The molecule has 0 amide bonds. The maximum atomic E-state index is 12.9. The normalized spacial score (nSPS) is 14.0. The molecule has 2 rings (SSSR count). The van der Waals surface area contributed by atoms with E-state index in [1.54, 1.807) is 6.07 Å². The standard InChI is InChI=1S/C20H24F3N.ClH/c1-4-24(16(3)18-10-6-5-7-11-18)15(2)13-17-9-8-12-19(14-17)20(21,22)23;/h5-12,14-16H,4,13H2,1-3H3;1H/t15-,16-;/m0./s1. The Labute approximate surface area is 154 Å². The van der Waals surface area contributed by atoms with Crippen LogP contribution >= 0.6 is 12.4 Å². The van der Waals surface area contributed by atoms with E-state index >= 15 is 0 Å². The topological polar surface area (TPSA) is 3.24 Å². The van der Waals surface area contributed by atoms with Crippen LogP contribution in [0.2, 0.25) is 0 Å². The monoisotopic (exact) mass is 371 g/mol. The third kappa shape index (κ3) is 5.75.